The van der Waals surface area contributed by atoms with Crippen molar-refractivity contribution in [2.75, 3.05) is 43.9 Å². The van der Waals surface area contributed by atoms with Gasteiger partial charge in [-0.3, -0.25) is 4.79 Å². The van der Waals surface area contributed by atoms with Crippen molar-refractivity contribution in [3.8, 4) is 11.1 Å². The molecule has 6 rings (SSSR count). The number of aromatic amines is 1. The standard InChI is InChI=1S/C29H29F2N7O3/c1-5-32-20-9-19(30)23(31)21-22-25(38-7-6-15(12-38)36(2)3)17(11-33-27(22)35-24(20)21)14-8-16-26(39)18(29(40)41)13-37(4)28(16)34-10-14/h8-11,13,15,32H,5-7,12H2,1-4H3,(H,33,35)(H,40,41). The van der Waals surface area contributed by atoms with Crippen LogP contribution < -0.4 is 15.6 Å². The lowest BCUT2D eigenvalue weighted by Gasteiger charge is -2.25. The number of aryl methyl sites for hydroxylation is 1. The summed E-state index contributed by atoms with van der Waals surface area (Å²) in [6, 6.07) is 2.96. The van der Waals surface area contributed by atoms with E-state index in [1.807, 2.05) is 21.0 Å². The number of H-pyrrole nitrogens is 1. The molecule has 5 aromatic rings. The van der Waals surface area contributed by atoms with Crippen LogP contribution in [0.3, 0.4) is 0 Å². The van der Waals surface area contributed by atoms with Gasteiger partial charge in [0.2, 0.25) is 5.43 Å². The lowest BCUT2D eigenvalue weighted by Crippen LogP contribution is -2.31. The number of carboxylic acid groups (broad SMARTS) is 1. The number of anilines is 2. The number of halogens is 2. The molecule has 1 atom stereocenters. The number of hydrogen-bond acceptors (Lipinski definition) is 7. The van der Waals surface area contributed by atoms with E-state index in [9.17, 15) is 19.1 Å². The summed E-state index contributed by atoms with van der Waals surface area (Å²) in [4.78, 5) is 41.4. The highest BCUT2D eigenvalue weighted by molar-refractivity contribution is 6.18. The first-order valence-electron chi connectivity index (χ1n) is 13.3. The van der Waals surface area contributed by atoms with E-state index in [0.29, 0.717) is 64.3 Å². The number of carbonyl (C=O) groups is 1. The first-order valence-corrected chi connectivity index (χ1v) is 13.3. The maximum Gasteiger partial charge on any atom is 0.341 e. The summed E-state index contributed by atoms with van der Waals surface area (Å²) in [5.41, 5.74) is 2.26. The summed E-state index contributed by atoms with van der Waals surface area (Å²) in [7, 11) is 5.63. The second kappa shape index (κ2) is 9.81. The Labute approximate surface area is 233 Å². The second-order valence-electron chi connectivity index (χ2n) is 10.6. The fourth-order valence-electron chi connectivity index (χ4n) is 5.84. The zero-order valence-corrected chi connectivity index (χ0v) is 23.0. The Hall–Kier alpha value is -4.58. The molecule has 0 bridgehead atoms. The first kappa shape index (κ1) is 26.6. The fraction of sp³-hybridized carbons (Fsp3) is 0.310. The number of rotatable bonds is 6. The number of hydrogen-bond donors (Lipinski definition) is 3. The normalized spacial score (nSPS) is 15.6. The van der Waals surface area contributed by atoms with Gasteiger partial charge in [0, 0.05) is 68.5 Å². The van der Waals surface area contributed by atoms with Crippen molar-refractivity contribution in [1.29, 1.82) is 0 Å². The molecular weight excluding hydrogens is 532 g/mol. The Kier molecular flexibility index (Phi) is 6.37. The maximum atomic E-state index is 15.6. The summed E-state index contributed by atoms with van der Waals surface area (Å²) in [5, 5.41) is 13.3. The van der Waals surface area contributed by atoms with E-state index in [0.717, 1.165) is 12.5 Å². The van der Waals surface area contributed by atoms with Crippen molar-refractivity contribution in [3.05, 3.63) is 58.1 Å². The molecular formula is C29H29F2N7O3. The number of benzene rings is 1. The van der Waals surface area contributed by atoms with Gasteiger partial charge in [0.25, 0.3) is 0 Å². The van der Waals surface area contributed by atoms with Crippen molar-refractivity contribution in [2.45, 2.75) is 19.4 Å². The van der Waals surface area contributed by atoms with Gasteiger partial charge in [-0.05, 0) is 33.5 Å². The van der Waals surface area contributed by atoms with Gasteiger partial charge in [-0.2, -0.15) is 0 Å². The number of aromatic carboxylic acids is 1. The van der Waals surface area contributed by atoms with E-state index in [2.05, 4.69) is 30.1 Å². The third kappa shape index (κ3) is 4.17. The van der Waals surface area contributed by atoms with Crippen LogP contribution in [0.2, 0.25) is 0 Å². The van der Waals surface area contributed by atoms with E-state index in [-0.39, 0.29) is 22.4 Å². The molecule has 0 aliphatic carbocycles. The van der Waals surface area contributed by atoms with Gasteiger partial charge in [-0.1, -0.05) is 0 Å². The van der Waals surface area contributed by atoms with Crippen LogP contribution in [0.25, 0.3) is 44.1 Å². The summed E-state index contributed by atoms with van der Waals surface area (Å²) >= 11 is 0. The van der Waals surface area contributed by atoms with Gasteiger partial charge < -0.3 is 29.8 Å². The highest BCUT2D eigenvalue weighted by atomic mass is 19.2. The van der Waals surface area contributed by atoms with E-state index in [1.165, 1.54) is 10.8 Å². The summed E-state index contributed by atoms with van der Waals surface area (Å²) < 4.78 is 32.1. The second-order valence-corrected chi connectivity index (χ2v) is 10.6. The van der Waals surface area contributed by atoms with Crippen molar-refractivity contribution < 1.29 is 18.7 Å². The number of nitrogens with zero attached hydrogens (tertiary/aromatic N) is 5. The number of aromatic nitrogens is 4. The van der Waals surface area contributed by atoms with Crippen LogP contribution in [0.1, 0.15) is 23.7 Å². The molecule has 1 aliphatic heterocycles. The van der Waals surface area contributed by atoms with Gasteiger partial charge in [0.15, 0.2) is 11.6 Å². The molecule has 0 amide bonds. The average Bonchev–Trinajstić information content (AvgIpc) is 3.59. The van der Waals surface area contributed by atoms with E-state index in [4.69, 9.17) is 0 Å². The Morgan fingerprint density at radius 1 is 1.22 bits per heavy atom. The molecule has 4 aromatic heterocycles. The van der Waals surface area contributed by atoms with Crippen LogP contribution >= 0.6 is 0 Å². The molecule has 1 aliphatic rings. The minimum atomic E-state index is -1.33. The van der Waals surface area contributed by atoms with Crippen LogP contribution in [0.4, 0.5) is 20.2 Å². The largest absolute Gasteiger partial charge is 0.477 e. The smallest absolute Gasteiger partial charge is 0.341 e. The third-order valence-electron chi connectivity index (χ3n) is 7.90. The lowest BCUT2D eigenvalue weighted by atomic mass is 10.0. The van der Waals surface area contributed by atoms with Crippen LogP contribution in [-0.2, 0) is 7.05 Å². The van der Waals surface area contributed by atoms with Crippen LogP contribution in [0, 0.1) is 11.6 Å². The number of fused-ring (bicyclic) bond motifs is 4. The van der Waals surface area contributed by atoms with Crippen LogP contribution in [0.5, 0.6) is 0 Å². The third-order valence-corrected chi connectivity index (χ3v) is 7.90. The number of pyridine rings is 3. The van der Waals surface area contributed by atoms with E-state index in [1.54, 1.807) is 25.5 Å². The monoisotopic (exact) mass is 561 g/mol. The van der Waals surface area contributed by atoms with Gasteiger partial charge in [-0.25, -0.2) is 23.5 Å². The molecule has 3 N–H and O–H groups in total. The first-order chi connectivity index (χ1) is 19.6. The molecule has 212 valence electrons. The number of nitrogens with one attached hydrogen (secondary N) is 2. The minimum absolute atomic E-state index is 0.0893. The van der Waals surface area contributed by atoms with Gasteiger partial charge in [-0.15, -0.1) is 0 Å². The van der Waals surface area contributed by atoms with Crippen molar-refractivity contribution in [1.82, 2.24) is 24.4 Å². The van der Waals surface area contributed by atoms with Crippen LogP contribution in [-0.4, -0.2) is 75.3 Å². The summed E-state index contributed by atoms with van der Waals surface area (Å²) in [5.74, 6) is -3.29. The lowest BCUT2D eigenvalue weighted by molar-refractivity contribution is 0.0695. The zero-order valence-electron chi connectivity index (χ0n) is 23.0. The number of carboxylic acids is 1. The highest BCUT2D eigenvalue weighted by Gasteiger charge is 2.31. The van der Waals surface area contributed by atoms with Gasteiger partial charge in [0.1, 0.15) is 16.9 Å². The molecule has 1 saturated heterocycles. The van der Waals surface area contributed by atoms with Crippen molar-refractivity contribution in [2.24, 2.45) is 7.05 Å². The highest BCUT2D eigenvalue weighted by Crippen LogP contribution is 2.44. The topological polar surface area (TPSA) is 119 Å². The molecule has 1 unspecified atom stereocenters. The molecule has 1 fully saturated rings. The molecule has 0 spiro atoms. The van der Waals surface area contributed by atoms with E-state index < -0.39 is 23.0 Å². The Morgan fingerprint density at radius 3 is 2.68 bits per heavy atom. The number of likely N-dealkylation sites (N-methyl/N-ethyl adjacent to an activating group) is 1. The fourth-order valence-corrected chi connectivity index (χ4v) is 5.84. The van der Waals surface area contributed by atoms with Crippen molar-refractivity contribution in [3.63, 3.8) is 0 Å². The Morgan fingerprint density at radius 2 is 2.00 bits per heavy atom. The molecule has 0 saturated carbocycles. The maximum absolute atomic E-state index is 15.6. The SMILES string of the molecule is CCNc1cc(F)c(F)c2c1[nH]c1ncc(-c3cnc4c(c3)c(=O)c(C(=O)O)cn4C)c(N3CCC(N(C)C)C3)c12. The molecule has 10 nitrogen and oxygen atoms in total. The molecule has 41 heavy (non-hydrogen) atoms. The summed E-state index contributed by atoms with van der Waals surface area (Å²) in [6.45, 7) is 3.67. The molecule has 12 heteroatoms. The van der Waals surface area contributed by atoms with Crippen molar-refractivity contribution >= 4 is 50.3 Å². The minimum Gasteiger partial charge on any atom is -0.477 e. The molecule has 1 aromatic carbocycles. The quantitative estimate of drug-likeness (QED) is 0.283. The van der Waals surface area contributed by atoms with E-state index >= 15 is 4.39 Å². The van der Waals surface area contributed by atoms with Gasteiger partial charge in [0.05, 0.1) is 33.1 Å². The van der Waals surface area contributed by atoms with Gasteiger partial charge >= 0.3 is 5.97 Å². The molecule has 0 radical (unpaired) electrons. The summed E-state index contributed by atoms with van der Waals surface area (Å²) in [6.07, 6.45) is 5.32. The average molecular weight is 562 g/mol. The predicted molar refractivity (Wildman–Crippen MR) is 155 cm³/mol. The predicted octanol–water partition coefficient (Wildman–Crippen LogP) is 4.18. The Bertz CT molecular complexity index is 1930. The molecule has 5 heterocycles. The Balaban J connectivity index is 1.69. The van der Waals surface area contributed by atoms with Crippen LogP contribution in [0.15, 0.2) is 35.5 Å². The zero-order chi connectivity index (χ0) is 29.2.